The molecule has 0 radical (unpaired) electrons. The fourth-order valence-corrected chi connectivity index (χ4v) is 3.09. The first-order valence-electron chi connectivity index (χ1n) is 6.45. The topological polar surface area (TPSA) is 99.2 Å². The molecule has 1 aliphatic heterocycles. The van der Waals surface area contributed by atoms with Gasteiger partial charge >= 0.3 is 0 Å². The number of carbonyl (C=O) groups is 1. The van der Waals surface area contributed by atoms with Crippen molar-refractivity contribution in [1.82, 2.24) is 4.90 Å². The van der Waals surface area contributed by atoms with Crippen molar-refractivity contribution in [3.63, 3.8) is 0 Å². The van der Waals surface area contributed by atoms with E-state index in [4.69, 9.17) is 10.9 Å². The molecular formula is C12H21N3O3. The molecule has 0 aromatic heterocycles. The van der Waals surface area contributed by atoms with E-state index in [-0.39, 0.29) is 17.8 Å². The Morgan fingerprint density at radius 1 is 1.39 bits per heavy atom. The van der Waals surface area contributed by atoms with Gasteiger partial charge in [-0.1, -0.05) is 12.1 Å². The molecule has 6 heteroatoms. The molecule has 0 bridgehead atoms. The second-order valence-electron chi connectivity index (χ2n) is 5.60. The van der Waals surface area contributed by atoms with Gasteiger partial charge in [-0.25, -0.2) is 0 Å². The lowest BCUT2D eigenvalue weighted by Gasteiger charge is -2.47. The average molecular weight is 255 g/mol. The van der Waals surface area contributed by atoms with Crippen LogP contribution in [0.2, 0.25) is 0 Å². The fourth-order valence-electron chi connectivity index (χ4n) is 3.09. The van der Waals surface area contributed by atoms with E-state index in [1.807, 2.05) is 0 Å². The molecule has 0 unspecified atom stereocenters. The molecule has 1 aliphatic carbocycles. The van der Waals surface area contributed by atoms with Gasteiger partial charge in [0, 0.05) is 13.1 Å². The van der Waals surface area contributed by atoms with E-state index in [0.717, 1.165) is 0 Å². The van der Waals surface area contributed by atoms with Crippen LogP contribution >= 0.6 is 0 Å². The molecule has 2 fully saturated rings. The van der Waals surface area contributed by atoms with Crippen molar-refractivity contribution in [3.8, 4) is 0 Å². The number of oxime groups is 1. The third kappa shape index (κ3) is 2.05. The van der Waals surface area contributed by atoms with E-state index in [0.29, 0.717) is 44.7 Å². The second-order valence-corrected chi connectivity index (χ2v) is 5.60. The lowest BCUT2D eigenvalue weighted by molar-refractivity contribution is -0.146. The molecule has 1 amide bonds. The Labute approximate surface area is 106 Å². The summed E-state index contributed by atoms with van der Waals surface area (Å²) in [5, 5.41) is 21.4. The quantitative estimate of drug-likeness (QED) is 0.283. The van der Waals surface area contributed by atoms with Crippen LogP contribution in [0.3, 0.4) is 0 Å². The average Bonchev–Trinajstić information content (AvgIpc) is 2.34. The summed E-state index contributed by atoms with van der Waals surface area (Å²) >= 11 is 0. The van der Waals surface area contributed by atoms with Crippen molar-refractivity contribution in [2.45, 2.75) is 38.7 Å². The zero-order valence-electron chi connectivity index (χ0n) is 10.7. The number of likely N-dealkylation sites (tertiary alicyclic amines) is 1. The molecule has 0 spiro atoms. The number of nitrogens with two attached hydrogens (primary N) is 1. The SMILES string of the molecule is CC1CC(C(=O)N2CCC(O)CC2)(C(N)=NO)C1. The number of nitrogens with zero attached hydrogens (tertiary/aromatic N) is 2. The summed E-state index contributed by atoms with van der Waals surface area (Å²) in [6.07, 6.45) is 2.18. The van der Waals surface area contributed by atoms with E-state index in [1.54, 1.807) is 4.90 Å². The summed E-state index contributed by atoms with van der Waals surface area (Å²) in [4.78, 5) is 14.3. The zero-order chi connectivity index (χ0) is 13.3. The Morgan fingerprint density at radius 3 is 2.39 bits per heavy atom. The molecule has 0 atom stereocenters. The molecule has 1 heterocycles. The maximum atomic E-state index is 12.5. The van der Waals surface area contributed by atoms with Gasteiger partial charge in [0.15, 0.2) is 5.84 Å². The van der Waals surface area contributed by atoms with Gasteiger partial charge in [0.1, 0.15) is 5.41 Å². The Hall–Kier alpha value is -1.30. The molecule has 0 aromatic rings. The Bertz CT molecular complexity index is 356. The van der Waals surface area contributed by atoms with Crippen LogP contribution in [-0.4, -0.2) is 46.1 Å². The molecule has 18 heavy (non-hydrogen) atoms. The third-order valence-electron chi connectivity index (χ3n) is 4.15. The highest BCUT2D eigenvalue weighted by Gasteiger charge is 2.53. The van der Waals surface area contributed by atoms with Gasteiger partial charge in [-0.2, -0.15) is 0 Å². The summed E-state index contributed by atoms with van der Waals surface area (Å²) in [6.45, 7) is 3.15. The predicted octanol–water partition coefficient (Wildman–Crippen LogP) is 0.132. The zero-order valence-corrected chi connectivity index (χ0v) is 10.7. The van der Waals surface area contributed by atoms with Crippen molar-refractivity contribution in [3.05, 3.63) is 0 Å². The van der Waals surface area contributed by atoms with Crippen LogP contribution in [0, 0.1) is 11.3 Å². The van der Waals surface area contributed by atoms with Gasteiger partial charge in [-0.3, -0.25) is 4.79 Å². The summed E-state index contributed by atoms with van der Waals surface area (Å²) in [7, 11) is 0. The van der Waals surface area contributed by atoms with Crippen molar-refractivity contribution >= 4 is 11.7 Å². The largest absolute Gasteiger partial charge is 0.409 e. The number of rotatable bonds is 2. The van der Waals surface area contributed by atoms with Crippen molar-refractivity contribution in [2.75, 3.05) is 13.1 Å². The van der Waals surface area contributed by atoms with Gasteiger partial charge < -0.3 is 20.9 Å². The third-order valence-corrected chi connectivity index (χ3v) is 4.15. The number of amidine groups is 1. The van der Waals surface area contributed by atoms with Crippen LogP contribution in [0.25, 0.3) is 0 Å². The predicted molar refractivity (Wildman–Crippen MR) is 66.1 cm³/mol. The minimum Gasteiger partial charge on any atom is -0.409 e. The first-order valence-corrected chi connectivity index (χ1v) is 6.45. The van der Waals surface area contributed by atoms with Crippen LogP contribution < -0.4 is 5.73 Å². The lowest BCUT2D eigenvalue weighted by atomic mass is 9.61. The van der Waals surface area contributed by atoms with Crippen LogP contribution in [0.15, 0.2) is 5.16 Å². The van der Waals surface area contributed by atoms with Gasteiger partial charge in [-0.15, -0.1) is 0 Å². The van der Waals surface area contributed by atoms with Crippen molar-refractivity contribution < 1.29 is 15.1 Å². The molecule has 2 rings (SSSR count). The molecule has 1 saturated heterocycles. The standard InChI is InChI=1S/C12H21N3O3/c1-8-6-12(7-8,10(13)14-18)11(17)15-4-2-9(16)3-5-15/h8-9,16,18H,2-7H2,1H3,(H2,13,14). The van der Waals surface area contributed by atoms with Crippen LogP contribution in [0.5, 0.6) is 0 Å². The molecule has 6 nitrogen and oxygen atoms in total. The van der Waals surface area contributed by atoms with E-state index < -0.39 is 5.41 Å². The van der Waals surface area contributed by atoms with E-state index in [9.17, 15) is 9.90 Å². The molecule has 0 aromatic carbocycles. The lowest BCUT2D eigenvalue weighted by Crippen LogP contribution is -2.59. The van der Waals surface area contributed by atoms with Crippen LogP contribution in [0.4, 0.5) is 0 Å². The molecular weight excluding hydrogens is 234 g/mol. The monoisotopic (exact) mass is 255 g/mol. The van der Waals surface area contributed by atoms with Crippen molar-refractivity contribution in [1.29, 1.82) is 0 Å². The minimum atomic E-state index is -0.809. The Kier molecular flexibility index (Phi) is 3.47. The number of hydrogen-bond donors (Lipinski definition) is 3. The summed E-state index contributed by atoms with van der Waals surface area (Å²) in [5.41, 5.74) is 4.90. The second kappa shape index (κ2) is 4.76. The number of piperidine rings is 1. The highest BCUT2D eigenvalue weighted by atomic mass is 16.4. The maximum Gasteiger partial charge on any atom is 0.236 e. The molecule has 2 aliphatic rings. The normalized spacial score (nSPS) is 34.2. The highest BCUT2D eigenvalue weighted by Crippen LogP contribution is 2.47. The number of hydrogen-bond acceptors (Lipinski definition) is 4. The Balaban J connectivity index is 2.10. The first-order chi connectivity index (χ1) is 8.49. The number of amides is 1. The van der Waals surface area contributed by atoms with E-state index >= 15 is 0 Å². The van der Waals surface area contributed by atoms with Gasteiger partial charge in [0.25, 0.3) is 0 Å². The molecule has 4 N–H and O–H groups in total. The number of aliphatic hydroxyl groups is 1. The first kappa shape index (κ1) is 13.1. The van der Waals surface area contributed by atoms with Crippen LogP contribution in [0.1, 0.15) is 32.6 Å². The van der Waals surface area contributed by atoms with Crippen molar-refractivity contribution in [2.24, 2.45) is 22.2 Å². The van der Waals surface area contributed by atoms with E-state index in [1.165, 1.54) is 0 Å². The fraction of sp³-hybridized carbons (Fsp3) is 0.833. The maximum absolute atomic E-state index is 12.5. The highest BCUT2D eigenvalue weighted by molar-refractivity contribution is 6.07. The number of carbonyl (C=O) groups excluding carboxylic acids is 1. The van der Waals surface area contributed by atoms with E-state index in [2.05, 4.69) is 12.1 Å². The molecule has 1 saturated carbocycles. The summed E-state index contributed by atoms with van der Waals surface area (Å²) in [6, 6.07) is 0. The summed E-state index contributed by atoms with van der Waals surface area (Å²) in [5.74, 6) is 0.393. The molecule has 102 valence electrons. The van der Waals surface area contributed by atoms with Gasteiger partial charge in [-0.05, 0) is 31.6 Å². The van der Waals surface area contributed by atoms with Crippen LogP contribution in [-0.2, 0) is 4.79 Å². The van der Waals surface area contributed by atoms with Gasteiger partial charge in [0.2, 0.25) is 5.91 Å². The summed E-state index contributed by atoms with van der Waals surface area (Å²) < 4.78 is 0. The Morgan fingerprint density at radius 2 is 1.94 bits per heavy atom. The number of aliphatic hydroxyl groups excluding tert-OH is 1. The minimum absolute atomic E-state index is 0.0247. The smallest absolute Gasteiger partial charge is 0.236 e. The van der Waals surface area contributed by atoms with Gasteiger partial charge in [0.05, 0.1) is 6.10 Å².